The number of hydrogen-bond donors (Lipinski definition) is 0. The first-order valence-electron chi connectivity index (χ1n) is 7.40. The molecule has 2 heterocycles. The Morgan fingerprint density at radius 1 is 1.48 bits per heavy atom. The molecule has 1 saturated heterocycles. The molecule has 116 valence electrons. The van der Waals surface area contributed by atoms with Crippen molar-refractivity contribution in [1.82, 2.24) is 20.2 Å². The molecule has 2 aliphatic rings. The molecular weight excluding hydrogens is 276 g/mol. The van der Waals surface area contributed by atoms with E-state index in [-0.39, 0.29) is 12.7 Å². The standard InChI is InChI=1S/C13H20N4O4/c1-9(20-7-11-3-2-6-19-11)13(18)21-8-12-14-15-16-17(12)10-4-5-10/h9-11H,2-8H2,1H3. The molecule has 2 fully saturated rings. The molecule has 2 atom stereocenters. The van der Waals surface area contributed by atoms with Crippen LogP contribution in [-0.2, 0) is 25.6 Å². The van der Waals surface area contributed by atoms with Gasteiger partial charge in [-0.25, -0.2) is 9.48 Å². The third-order valence-electron chi connectivity index (χ3n) is 3.69. The molecule has 1 aliphatic heterocycles. The van der Waals surface area contributed by atoms with E-state index in [0.717, 1.165) is 32.3 Å². The smallest absolute Gasteiger partial charge is 0.335 e. The summed E-state index contributed by atoms with van der Waals surface area (Å²) >= 11 is 0. The van der Waals surface area contributed by atoms with E-state index in [2.05, 4.69) is 15.5 Å². The second-order valence-corrected chi connectivity index (χ2v) is 5.49. The maximum Gasteiger partial charge on any atom is 0.335 e. The van der Waals surface area contributed by atoms with Gasteiger partial charge in [-0.1, -0.05) is 0 Å². The van der Waals surface area contributed by atoms with Gasteiger partial charge >= 0.3 is 5.97 Å². The quantitative estimate of drug-likeness (QED) is 0.682. The second kappa shape index (κ2) is 6.48. The van der Waals surface area contributed by atoms with Crippen LogP contribution in [0.3, 0.4) is 0 Å². The summed E-state index contributed by atoms with van der Waals surface area (Å²) < 4.78 is 17.9. The summed E-state index contributed by atoms with van der Waals surface area (Å²) in [6, 6.07) is 0.363. The molecule has 3 rings (SSSR count). The summed E-state index contributed by atoms with van der Waals surface area (Å²) in [5.41, 5.74) is 0. The van der Waals surface area contributed by atoms with Gasteiger partial charge in [-0.05, 0) is 43.0 Å². The van der Waals surface area contributed by atoms with Crippen molar-refractivity contribution in [2.45, 2.75) is 57.5 Å². The van der Waals surface area contributed by atoms with E-state index in [4.69, 9.17) is 14.2 Å². The Balaban J connectivity index is 1.41. The van der Waals surface area contributed by atoms with Crippen LogP contribution in [0.4, 0.5) is 0 Å². The van der Waals surface area contributed by atoms with Crippen molar-refractivity contribution in [2.75, 3.05) is 13.2 Å². The lowest BCUT2D eigenvalue weighted by Gasteiger charge is -2.15. The zero-order valence-electron chi connectivity index (χ0n) is 12.1. The van der Waals surface area contributed by atoms with Gasteiger partial charge < -0.3 is 14.2 Å². The molecule has 0 N–H and O–H groups in total. The molecule has 8 nitrogen and oxygen atoms in total. The topological polar surface area (TPSA) is 88.4 Å². The first-order chi connectivity index (χ1) is 10.2. The van der Waals surface area contributed by atoms with Crippen LogP contribution >= 0.6 is 0 Å². The Morgan fingerprint density at radius 2 is 2.33 bits per heavy atom. The van der Waals surface area contributed by atoms with Crippen molar-refractivity contribution < 1.29 is 19.0 Å². The number of aromatic nitrogens is 4. The van der Waals surface area contributed by atoms with E-state index in [0.29, 0.717) is 18.5 Å². The lowest BCUT2D eigenvalue weighted by Crippen LogP contribution is -2.27. The van der Waals surface area contributed by atoms with Crippen molar-refractivity contribution in [3.8, 4) is 0 Å². The number of rotatable bonds is 7. The lowest BCUT2D eigenvalue weighted by molar-refractivity contribution is -0.159. The van der Waals surface area contributed by atoms with Gasteiger partial charge in [0.2, 0.25) is 0 Å². The van der Waals surface area contributed by atoms with Gasteiger partial charge in [0.05, 0.1) is 18.8 Å². The van der Waals surface area contributed by atoms with Crippen LogP contribution in [0.2, 0.25) is 0 Å². The fourth-order valence-corrected chi connectivity index (χ4v) is 2.26. The van der Waals surface area contributed by atoms with Crippen LogP contribution in [0.15, 0.2) is 0 Å². The number of esters is 1. The minimum absolute atomic E-state index is 0.0793. The molecule has 1 aromatic heterocycles. The Hall–Kier alpha value is -1.54. The third-order valence-corrected chi connectivity index (χ3v) is 3.69. The van der Waals surface area contributed by atoms with Gasteiger partial charge in [0.1, 0.15) is 0 Å². The molecule has 1 aromatic rings. The van der Waals surface area contributed by atoms with Crippen LogP contribution in [-0.4, -0.2) is 51.6 Å². The number of nitrogens with zero attached hydrogens (tertiary/aromatic N) is 4. The fourth-order valence-electron chi connectivity index (χ4n) is 2.26. The number of carbonyl (C=O) groups excluding carboxylic acids is 1. The zero-order chi connectivity index (χ0) is 14.7. The average molecular weight is 296 g/mol. The molecule has 1 aliphatic carbocycles. The predicted molar refractivity (Wildman–Crippen MR) is 70.3 cm³/mol. The van der Waals surface area contributed by atoms with E-state index < -0.39 is 12.1 Å². The Kier molecular flexibility index (Phi) is 4.45. The minimum atomic E-state index is -0.612. The Labute approximate surface area is 122 Å². The lowest BCUT2D eigenvalue weighted by atomic mass is 10.2. The van der Waals surface area contributed by atoms with Crippen molar-refractivity contribution in [3.63, 3.8) is 0 Å². The largest absolute Gasteiger partial charge is 0.455 e. The molecular formula is C13H20N4O4. The third kappa shape index (κ3) is 3.76. The molecule has 21 heavy (non-hydrogen) atoms. The normalized spacial score (nSPS) is 23.2. The number of tetrazole rings is 1. The van der Waals surface area contributed by atoms with Crippen molar-refractivity contribution >= 4 is 5.97 Å². The Morgan fingerprint density at radius 3 is 3.05 bits per heavy atom. The van der Waals surface area contributed by atoms with E-state index in [9.17, 15) is 4.79 Å². The summed E-state index contributed by atoms with van der Waals surface area (Å²) in [7, 11) is 0. The highest BCUT2D eigenvalue weighted by atomic mass is 16.6. The van der Waals surface area contributed by atoms with Gasteiger partial charge in [0.25, 0.3) is 0 Å². The highest BCUT2D eigenvalue weighted by Gasteiger charge is 2.28. The molecule has 0 spiro atoms. The van der Waals surface area contributed by atoms with Gasteiger partial charge in [-0.2, -0.15) is 0 Å². The first kappa shape index (κ1) is 14.4. The monoisotopic (exact) mass is 296 g/mol. The average Bonchev–Trinajstić information content (AvgIpc) is 3.02. The summed E-state index contributed by atoms with van der Waals surface area (Å²) in [4.78, 5) is 11.9. The van der Waals surface area contributed by atoms with E-state index in [1.165, 1.54) is 0 Å². The number of ether oxygens (including phenoxy) is 3. The SMILES string of the molecule is CC(OCC1CCCO1)C(=O)OCc1nnnn1C1CC1. The van der Waals surface area contributed by atoms with Crippen LogP contribution in [0.1, 0.15) is 44.5 Å². The summed E-state index contributed by atoms with van der Waals surface area (Å²) in [6.45, 7) is 2.96. The van der Waals surface area contributed by atoms with Crippen LogP contribution in [0.25, 0.3) is 0 Å². The van der Waals surface area contributed by atoms with Crippen LogP contribution in [0.5, 0.6) is 0 Å². The molecule has 0 aromatic carbocycles. The van der Waals surface area contributed by atoms with Crippen LogP contribution in [0, 0.1) is 0 Å². The summed E-state index contributed by atoms with van der Waals surface area (Å²) in [5.74, 6) is 0.176. The first-order valence-corrected chi connectivity index (χ1v) is 7.40. The van der Waals surface area contributed by atoms with Crippen LogP contribution < -0.4 is 0 Å². The van der Waals surface area contributed by atoms with Gasteiger partial charge in [-0.3, -0.25) is 0 Å². The number of carbonyl (C=O) groups is 1. The fraction of sp³-hybridized carbons (Fsp3) is 0.846. The zero-order valence-corrected chi connectivity index (χ0v) is 12.1. The van der Waals surface area contributed by atoms with Gasteiger partial charge in [0, 0.05) is 6.61 Å². The highest BCUT2D eigenvalue weighted by Crippen LogP contribution is 2.34. The molecule has 2 unspecified atom stereocenters. The van der Waals surface area contributed by atoms with Gasteiger partial charge in [-0.15, -0.1) is 5.10 Å². The minimum Gasteiger partial charge on any atom is -0.455 e. The summed E-state index contributed by atoms with van der Waals surface area (Å²) in [5, 5.41) is 11.4. The maximum atomic E-state index is 11.9. The van der Waals surface area contributed by atoms with E-state index in [1.807, 2.05) is 0 Å². The number of hydrogen-bond acceptors (Lipinski definition) is 7. The predicted octanol–water partition coefficient (Wildman–Crippen LogP) is 0.635. The molecule has 1 saturated carbocycles. The van der Waals surface area contributed by atoms with E-state index in [1.54, 1.807) is 11.6 Å². The molecule has 0 bridgehead atoms. The Bertz CT molecular complexity index is 482. The van der Waals surface area contributed by atoms with E-state index >= 15 is 0 Å². The van der Waals surface area contributed by atoms with Crippen molar-refractivity contribution in [3.05, 3.63) is 5.82 Å². The molecule has 0 amide bonds. The van der Waals surface area contributed by atoms with Crippen molar-refractivity contribution in [2.24, 2.45) is 0 Å². The highest BCUT2D eigenvalue weighted by molar-refractivity contribution is 5.74. The maximum absolute atomic E-state index is 11.9. The van der Waals surface area contributed by atoms with Gasteiger partial charge in [0.15, 0.2) is 18.5 Å². The molecule has 8 heteroatoms. The summed E-state index contributed by atoms with van der Waals surface area (Å²) in [6.07, 6.45) is 3.68. The van der Waals surface area contributed by atoms with Crippen molar-refractivity contribution in [1.29, 1.82) is 0 Å². The molecule has 0 radical (unpaired) electrons. The second-order valence-electron chi connectivity index (χ2n) is 5.49.